The van der Waals surface area contributed by atoms with E-state index in [1.165, 1.54) is 6.07 Å². The molecule has 6 heteroatoms. The Hall–Kier alpha value is -1.73. The van der Waals surface area contributed by atoms with Gasteiger partial charge in [-0.15, -0.1) is 0 Å². The van der Waals surface area contributed by atoms with Crippen molar-refractivity contribution in [3.63, 3.8) is 0 Å². The summed E-state index contributed by atoms with van der Waals surface area (Å²) in [6.45, 7) is 6.12. The van der Waals surface area contributed by atoms with Crippen molar-refractivity contribution in [2.24, 2.45) is 0 Å². The topological polar surface area (TPSA) is 38.7 Å². The summed E-state index contributed by atoms with van der Waals surface area (Å²) in [5, 5.41) is 3.40. The molecule has 134 valence electrons. The van der Waals surface area contributed by atoms with E-state index in [0.717, 1.165) is 45.0 Å². The molecule has 0 unspecified atom stereocenters. The van der Waals surface area contributed by atoms with Gasteiger partial charge in [0.05, 0.1) is 25.5 Å². The lowest BCUT2D eigenvalue weighted by atomic mass is 10.0. The maximum absolute atomic E-state index is 14.2. The molecule has 2 fully saturated rings. The zero-order chi connectivity index (χ0) is 17.1. The minimum Gasteiger partial charge on any atom is -0.377 e. The fourth-order valence-corrected chi connectivity index (χ4v) is 3.68. The molecule has 3 heterocycles. The van der Waals surface area contributed by atoms with E-state index in [-0.39, 0.29) is 11.4 Å². The van der Waals surface area contributed by atoms with E-state index in [4.69, 9.17) is 9.47 Å². The average molecular weight is 345 g/mol. The molecule has 1 aromatic heterocycles. The van der Waals surface area contributed by atoms with Crippen molar-refractivity contribution < 1.29 is 13.9 Å². The second-order valence-corrected chi connectivity index (χ2v) is 6.79. The summed E-state index contributed by atoms with van der Waals surface area (Å²) in [6.07, 6.45) is 1.92. The van der Waals surface area contributed by atoms with Crippen molar-refractivity contribution in [3.05, 3.63) is 54.1 Å². The number of para-hydroxylation sites is 1. The highest BCUT2D eigenvalue weighted by Gasteiger charge is 2.38. The molecule has 0 aliphatic carbocycles. The molecule has 1 aromatic carbocycles. The Kier molecular flexibility index (Phi) is 4.85. The minimum atomic E-state index is -0.288. The van der Waals surface area contributed by atoms with Crippen molar-refractivity contribution in [1.82, 2.24) is 14.8 Å². The van der Waals surface area contributed by atoms with Crippen molar-refractivity contribution >= 4 is 0 Å². The van der Waals surface area contributed by atoms with Gasteiger partial charge < -0.3 is 19.4 Å². The van der Waals surface area contributed by atoms with Crippen LogP contribution in [-0.2, 0) is 16.0 Å². The number of rotatable bonds is 3. The van der Waals surface area contributed by atoms with Gasteiger partial charge >= 0.3 is 0 Å². The summed E-state index contributed by atoms with van der Waals surface area (Å²) in [7, 11) is 0. The predicted octanol–water partition coefficient (Wildman–Crippen LogP) is 1.81. The summed E-state index contributed by atoms with van der Waals surface area (Å²) in [5.41, 5.74) is 1.37. The zero-order valence-corrected chi connectivity index (χ0v) is 14.3. The van der Waals surface area contributed by atoms with Crippen LogP contribution >= 0.6 is 0 Å². The Morgan fingerprint density at radius 1 is 1.16 bits per heavy atom. The van der Waals surface area contributed by atoms with Crippen LogP contribution in [0.2, 0.25) is 0 Å². The van der Waals surface area contributed by atoms with Crippen molar-refractivity contribution in [2.45, 2.75) is 12.1 Å². The van der Waals surface area contributed by atoms with Gasteiger partial charge in [-0.1, -0.05) is 12.1 Å². The second kappa shape index (κ2) is 7.25. The lowest BCUT2D eigenvalue weighted by Crippen LogP contribution is -2.57. The fraction of sp³-hybridized carbons (Fsp3) is 0.474. The molecule has 2 aliphatic heterocycles. The molecule has 2 aliphatic rings. The molecule has 1 N–H and O–H groups in total. The lowest BCUT2D eigenvalue weighted by molar-refractivity contribution is -0.135. The van der Waals surface area contributed by atoms with E-state index in [1.807, 2.05) is 29.0 Å². The first-order valence-corrected chi connectivity index (χ1v) is 8.82. The number of nitrogens with zero attached hydrogens (tertiary/aromatic N) is 2. The molecule has 0 saturated carbocycles. The number of morpholine rings is 1. The number of hydrogen-bond donors (Lipinski definition) is 1. The first-order chi connectivity index (χ1) is 12.3. The summed E-state index contributed by atoms with van der Waals surface area (Å²) >= 11 is 0. The van der Waals surface area contributed by atoms with Crippen LogP contribution in [0, 0.1) is 5.82 Å². The minimum absolute atomic E-state index is 0.209. The molecule has 25 heavy (non-hydrogen) atoms. The standard InChI is InChI=1S/C19H24FN3O2/c20-17-5-1-2-6-18(17)23-8-3-4-16(23)12-22-9-11-25-19(14-22)13-21-7-10-24-15-19/h1-6,8,21H,7,9-15H2/t19-/m1/s1. The van der Waals surface area contributed by atoms with Crippen LogP contribution in [0.25, 0.3) is 5.69 Å². The van der Waals surface area contributed by atoms with E-state index >= 15 is 0 Å². The third-order valence-electron chi connectivity index (χ3n) is 4.89. The van der Waals surface area contributed by atoms with E-state index < -0.39 is 0 Å². The van der Waals surface area contributed by atoms with Crippen molar-refractivity contribution in [2.75, 3.05) is 46.0 Å². The summed E-state index contributed by atoms with van der Waals surface area (Å²) in [4.78, 5) is 2.37. The number of hydrogen-bond acceptors (Lipinski definition) is 4. The van der Waals surface area contributed by atoms with Gasteiger partial charge in [-0.05, 0) is 24.3 Å². The van der Waals surface area contributed by atoms with Gasteiger partial charge in [0, 0.05) is 44.6 Å². The van der Waals surface area contributed by atoms with Crippen LogP contribution in [0.1, 0.15) is 5.69 Å². The van der Waals surface area contributed by atoms with Gasteiger partial charge in [-0.25, -0.2) is 4.39 Å². The van der Waals surface area contributed by atoms with Crippen LogP contribution in [0.5, 0.6) is 0 Å². The van der Waals surface area contributed by atoms with Crippen LogP contribution in [0.4, 0.5) is 4.39 Å². The normalized spacial score (nSPS) is 25.2. The Morgan fingerprint density at radius 2 is 2.08 bits per heavy atom. The molecule has 0 bridgehead atoms. The van der Waals surface area contributed by atoms with Gasteiger partial charge in [-0.3, -0.25) is 4.90 Å². The van der Waals surface area contributed by atoms with Crippen LogP contribution < -0.4 is 5.32 Å². The van der Waals surface area contributed by atoms with Crippen molar-refractivity contribution in [1.29, 1.82) is 0 Å². The van der Waals surface area contributed by atoms with E-state index in [1.54, 1.807) is 6.07 Å². The van der Waals surface area contributed by atoms with Crippen LogP contribution in [-0.4, -0.2) is 61.1 Å². The Morgan fingerprint density at radius 3 is 3.00 bits per heavy atom. The van der Waals surface area contributed by atoms with E-state index in [9.17, 15) is 4.39 Å². The molecule has 1 atom stereocenters. The summed E-state index contributed by atoms with van der Waals surface area (Å²) < 4.78 is 27.9. The second-order valence-electron chi connectivity index (χ2n) is 6.79. The monoisotopic (exact) mass is 345 g/mol. The molecule has 2 aromatic rings. The fourth-order valence-electron chi connectivity index (χ4n) is 3.68. The number of ether oxygens (including phenoxy) is 2. The van der Waals surface area contributed by atoms with Gasteiger partial charge in [-0.2, -0.15) is 0 Å². The first kappa shape index (κ1) is 16.7. The van der Waals surface area contributed by atoms with Crippen molar-refractivity contribution in [3.8, 4) is 5.69 Å². The van der Waals surface area contributed by atoms with E-state index in [0.29, 0.717) is 18.9 Å². The third-order valence-corrected chi connectivity index (χ3v) is 4.89. The first-order valence-electron chi connectivity index (χ1n) is 8.82. The molecule has 4 rings (SSSR count). The number of halogens is 1. The summed E-state index contributed by atoms with van der Waals surface area (Å²) in [6, 6.07) is 10.9. The molecular weight excluding hydrogens is 321 g/mol. The van der Waals surface area contributed by atoms with Gasteiger partial charge in [0.2, 0.25) is 0 Å². The Labute approximate surface area is 147 Å². The molecule has 2 saturated heterocycles. The predicted molar refractivity (Wildman–Crippen MR) is 93.4 cm³/mol. The van der Waals surface area contributed by atoms with E-state index in [2.05, 4.69) is 16.3 Å². The SMILES string of the molecule is Fc1ccccc1-n1cccc1CN1CCO[C@]2(CNCCOC2)C1. The molecule has 1 spiro atoms. The summed E-state index contributed by atoms with van der Waals surface area (Å²) in [5.74, 6) is -0.209. The molecule has 0 amide bonds. The molecule has 0 radical (unpaired) electrons. The van der Waals surface area contributed by atoms with Gasteiger partial charge in [0.1, 0.15) is 11.4 Å². The third kappa shape index (κ3) is 3.62. The van der Waals surface area contributed by atoms with Crippen LogP contribution in [0.15, 0.2) is 42.6 Å². The highest BCUT2D eigenvalue weighted by Crippen LogP contribution is 2.23. The number of benzene rings is 1. The lowest BCUT2D eigenvalue weighted by Gasteiger charge is -2.41. The largest absolute Gasteiger partial charge is 0.377 e. The molecular formula is C19H24FN3O2. The van der Waals surface area contributed by atoms with Crippen LogP contribution in [0.3, 0.4) is 0 Å². The smallest absolute Gasteiger partial charge is 0.147 e. The maximum atomic E-state index is 14.2. The highest BCUT2D eigenvalue weighted by atomic mass is 19.1. The Bertz CT molecular complexity index is 710. The Balaban J connectivity index is 1.51. The maximum Gasteiger partial charge on any atom is 0.147 e. The quantitative estimate of drug-likeness (QED) is 0.921. The number of aromatic nitrogens is 1. The zero-order valence-electron chi connectivity index (χ0n) is 14.3. The van der Waals surface area contributed by atoms with Gasteiger partial charge in [0.25, 0.3) is 0 Å². The van der Waals surface area contributed by atoms with Gasteiger partial charge in [0.15, 0.2) is 0 Å². The number of nitrogens with one attached hydrogen (secondary N) is 1. The molecule has 5 nitrogen and oxygen atoms in total. The average Bonchev–Trinajstić information content (AvgIpc) is 2.95. The highest BCUT2D eigenvalue weighted by molar-refractivity contribution is 5.36.